The minimum absolute atomic E-state index is 0.0204. The number of amides is 1. The molecule has 1 aliphatic rings. The van der Waals surface area contributed by atoms with Crippen LogP contribution in [0.2, 0.25) is 0 Å². The molecule has 0 radical (unpaired) electrons. The molecule has 1 N–H and O–H groups in total. The number of halogens is 3. The Hall–Kier alpha value is -2.11. The van der Waals surface area contributed by atoms with Crippen LogP contribution in [0.5, 0.6) is 0 Å². The summed E-state index contributed by atoms with van der Waals surface area (Å²) in [5.41, 5.74) is -0.929. The second-order valence-corrected chi connectivity index (χ2v) is 8.14. The Morgan fingerprint density at radius 2 is 1.83 bits per heavy atom. The quantitative estimate of drug-likeness (QED) is 0.782. The second kappa shape index (κ2) is 9.14. The molecule has 160 valence electrons. The molecule has 1 saturated heterocycles. The van der Waals surface area contributed by atoms with Crippen molar-refractivity contribution in [3.8, 4) is 6.07 Å². The summed E-state index contributed by atoms with van der Waals surface area (Å²) in [7, 11) is 0. The number of rotatable bonds is 6. The zero-order valence-corrected chi connectivity index (χ0v) is 17.4. The Balaban J connectivity index is 1.90. The Kier molecular flexibility index (Phi) is 7.30. The summed E-state index contributed by atoms with van der Waals surface area (Å²) in [4.78, 5) is 16.7. The molecular formula is C21H29F3N4O. The molecule has 1 aromatic rings. The summed E-state index contributed by atoms with van der Waals surface area (Å²) in [5.74, 6) is -0.206. The zero-order chi connectivity index (χ0) is 21.8. The van der Waals surface area contributed by atoms with Crippen LogP contribution < -0.4 is 5.32 Å². The number of nitriles is 1. The van der Waals surface area contributed by atoms with Gasteiger partial charge in [-0.25, -0.2) is 0 Å². The molecule has 2 atom stereocenters. The molecule has 0 saturated carbocycles. The van der Waals surface area contributed by atoms with E-state index in [0.29, 0.717) is 38.3 Å². The maximum absolute atomic E-state index is 12.9. The van der Waals surface area contributed by atoms with Crippen molar-refractivity contribution in [2.24, 2.45) is 5.92 Å². The third-order valence-corrected chi connectivity index (χ3v) is 5.76. The molecule has 0 spiro atoms. The highest BCUT2D eigenvalue weighted by Crippen LogP contribution is 2.29. The smallest absolute Gasteiger partial charge is 0.336 e. The highest BCUT2D eigenvalue weighted by atomic mass is 19.4. The zero-order valence-electron chi connectivity index (χ0n) is 17.4. The first-order valence-corrected chi connectivity index (χ1v) is 9.82. The van der Waals surface area contributed by atoms with Gasteiger partial charge in [-0.2, -0.15) is 18.4 Å². The Morgan fingerprint density at radius 3 is 2.34 bits per heavy atom. The van der Waals surface area contributed by atoms with Gasteiger partial charge in [-0.1, -0.05) is 32.0 Å². The van der Waals surface area contributed by atoms with Gasteiger partial charge in [-0.15, -0.1) is 0 Å². The normalized spacial score (nSPS) is 19.4. The third-order valence-electron chi connectivity index (χ3n) is 5.76. The molecule has 0 aromatic heterocycles. The monoisotopic (exact) mass is 410 g/mol. The van der Waals surface area contributed by atoms with Crippen LogP contribution in [-0.4, -0.2) is 53.5 Å². The van der Waals surface area contributed by atoms with Crippen LogP contribution in [-0.2, 0) is 17.5 Å². The number of carbonyl (C=O) groups is 1. The Bertz CT molecular complexity index is 751. The standard InChI is InChI=1S/C21H29F3N4O/c1-15(2)20(4,14-25)26-19(29)16(3)28-10-8-27(9-11-28)13-17-6-5-7-18(12-17)21(22,23)24/h5-7,12,15-16H,8-11,13H2,1-4H3,(H,26,29). The van der Waals surface area contributed by atoms with Crippen molar-refractivity contribution in [2.45, 2.75) is 52.0 Å². The summed E-state index contributed by atoms with van der Waals surface area (Å²) < 4.78 is 38.6. The van der Waals surface area contributed by atoms with Crippen molar-refractivity contribution < 1.29 is 18.0 Å². The molecule has 1 aliphatic heterocycles. The summed E-state index contributed by atoms with van der Waals surface area (Å²) in [6.07, 6.45) is -4.34. The Labute approximate surface area is 170 Å². The molecule has 2 unspecified atom stereocenters. The molecule has 1 amide bonds. The van der Waals surface area contributed by atoms with Crippen molar-refractivity contribution >= 4 is 5.91 Å². The lowest BCUT2D eigenvalue weighted by molar-refractivity contribution is -0.137. The molecule has 2 rings (SSSR count). The van der Waals surface area contributed by atoms with Gasteiger partial charge in [0.2, 0.25) is 5.91 Å². The van der Waals surface area contributed by atoms with E-state index >= 15 is 0 Å². The van der Waals surface area contributed by atoms with Gasteiger partial charge in [0.25, 0.3) is 0 Å². The van der Waals surface area contributed by atoms with E-state index in [-0.39, 0.29) is 17.9 Å². The first-order chi connectivity index (χ1) is 13.5. The number of alkyl halides is 3. The lowest BCUT2D eigenvalue weighted by Crippen LogP contribution is -2.58. The minimum Gasteiger partial charge on any atom is -0.336 e. The van der Waals surface area contributed by atoms with Crippen LogP contribution in [0.1, 0.15) is 38.8 Å². The number of piperazine rings is 1. The largest absolute Gasteiger partial charge is 0.416 e. The van der Waals surface area contributed by atoms with Gasteiger partial charge in [0.1, 0.15) is 5.54 Å². The number of benzene rings is 1. The molecular weight excluding hydrogens is 381 g/mol. The van der Waals surface area contributed by atoms with Gasteiger partial charge in [0, 0.05) is 32.7 Å². The SMILES string of the molecule is CC(C(=O)NC(C)(C#N)C(C)C)N1CCN(Cc2cccc(C(F)(F)F)c2)CC1. The number of nitrogens with zero attached hydrogens (tertiary/aromatic N) is 3. The van der Waals surface area contributed by atoms with E-state index in [1.54, 1.807) is 13.0 Å². The van der Waals surface area contributed by atoms with Gasteiger partial charge in [-0.3, -0.25) is 14.6 Å². The highest BCUT2D eigenvalue weighted by molar-refractivity contribution is 5.82. The minimum atomic E-state index is -4.34. The van der Waals surface area contributed by atoms with Crippen molar-refractivity contribution in [3.05, 3.63) is 35.4 Å². The molecule has 8 heteroatoms. The first-order valence-electron chi connectivity index (χ1n) is 9.82. The van der Waals surface area contributed by atoms with E-state index in [1.165, 1.54) is 12.1 Å². The Morgan fingerprint density at radius 1 is 1.21 bits per heavy atom. The number of hydrogen-bond acceptors (Lipinski definition) is 4. The molecule has 1 aromatic carbocycles. The van der Waals surface area contributed by atoms with E-state index < -0.39 is 17.3 Å². The van der Waals surface area contributed by atoms with Crippen LogP contribution in [0.15, 0.2) is 24.3 Å². The first kappa shape index (κ1) is 23.2. The number of carbonyl (C=O) groups excluding carboxylic acids is 1. The van der Waals surface area contributed by atoms with Crippen molar-refractivity contribution in [3.63, 3.8) is 0 Å². The van der Waals surface area contributed by atoms with Gasteiger partial charge < -0.3 is 5.32 Å². The third kappa shape index (κ3) is 5.94. The predicted molar refractivity (Wildman–Crippen MR) is 105 cm³/mol. The number of nitrogens with one attached hydrogen (secondary N) is 1. The molecule has 1 fully saturated rings. The summed E-state index contributed by atoms with van der Waals surface area (Å²) in [6, 6.07) is 7.20. The van der Waals surface area contributed by atoms with Crippen LogP contribution in [0.3, 0.4) is 0 Å². The summed E-state index contributed by atoms with van der Waals surface area (Å²) in [5, 5.41) is 12.2. The average molecular weight is 410 g/mol. The average Bonchev–Trinajstić information content (AvgIpc) is 2.67. The molecule has 0 aliphatic carbocycles. The summed E-state index contributed by atoms with van der Waals surface area (Å²) >= 11 is 0. The number of hydrogen-bond donors (Lipinski definition) is 1. The second-order valence-electron chi connectivity index (χ2n) is 8.14. The van der Waals surface area contributed by atoms with Gasteiger partial charge in [0.05, 0.1) is 17.7 Å². The van der Waals surface area contributed by atoms with Crippen molar-refractivity contribution in [2.75, 3.05) is 26.2 Å². The molecule has 29 heavy (non-hydrogen) atoms. The molecule has 1 heterocycles. The van der Waals surface area contributed by atoms with E-state index in [4.69, 9.17) is 0 Å². The van der Waals surface area contributed by atoms with E-state index in [9.17, 15) is 23.2 Å². The van der Waals surface area contributed by atoms with Crippen LogP contribution in [0.25, 0.3) is 0 Å². The highest BCUT2D eigenvalue weighted by Gasteiger charge is 2.34. The fraction of sp³-hybridized carbons (Fsp3) is 0.619. The van der Waals surface area contributed by atoms with Gasteiger partial charge in [-0.05, 0) is 31.4 Å². The van der Waals surface area contributed by atoms with Crippen LogP contribution in [0, 0.1) is 17.2 Å². The fourth-order valence-corrected chi connectivity index (χ4v) is 3.24. The van der Waals surface area contributed by atoms with E-state index in [1.807, 2.05) is 25.7 Å². The molecule has 5 nitrogen and oxygen atoms in total. The van der Waals surface area contributed by atoms with Gasteiger partial charge >= 0.3 is 6.18 Å². The fourth-order valence-electron chi connectivity index (χ4n) is 3.24. The van der Waals surface area contributed by atoms with Crippen molar-refractivity contribution in [1.82, 2.24) is 15.1 Å². The maximum Gasteiger partial charge on any atom is 0.416 e. The van der Waals surface area contributed by atoms with Crippen LogP contribution >= 0.6 is 0 Å². The van der Waals surface area contributed by atoms with Gasteiger partial charge in [0.15, 0.2) is 0 Å². The molecule has 0 bridgehead atoms. The van der Waals surface area contributed by atoms with Crippen LogP contribution in [0.4, 0.5) is 13.2 Å². The van der Waals surface area contributed by atoms with Crippen molar-refractivity contribution in [1.29, 1.82) is 5.26 Å². The summed E-state index contributed by atoms with van der Waals surface area (Å²) in [6.45, 7) is 10.4. The maximum atomic E-state index is 12.9. The lowest BCUT2D eigenvalue weighted by atomic mass is 9.89. The predicted octanol–water partition coefficient (Wildman–Crippen LogP) is 3.27. The lowest BCUT2D eigenvalue weighted by Gasteiger charge is -2.38. The van der Waals surface area contributed by atoms with E-state index in [2.05, 4.69) is 16.3 Å². The van der Waals surface area contributed by atoms with E-state index in [0.717, 1.165) is 6.07 Å². The topological polar surface area (TPSA) is 59.4 Å².